The molecule has 0 heterocycles. The molecular weight excluding hydrogens is 176 g/mol. The lowest BCUT2D eigenvalue weighted by atomic mass is 10.1. The van der Waals surface area contributed by atoms with Gasteiger partial charge in [-0.3, -0.25) is 0 Å². The lowest BCUT2D eigenvalue weighted by Crippen LogP contribution is -2.06. The number of hydrogen-bond donors (Lipinski definition) is 2. The molecule has 1 rings (SSSR count). The first kappa shape index (κ1) is 10.1. The third kappa shape index (κ3) is 3.48. The quantitative estimate of drug-likeness (QED) is 0.706. The van der Waals surface area contributed by atoms with E-state index in [0.717, 1.165) is 5.56 Å². The molecule has 0 aliphatic heterocycles. The number of rotatable bonds is 4. The topological polar surface area (TPSA) is 32.3 Å². The van der Waals surface area contributed by atoms with Gasteiger partial charge in [0.25, 0.3) is 0 Å². The summed E-state index contributed by atoms with van der Waals surface area (Å²) in [6, 6.07) is 6.69. The Morgan fingerprint density at radius 2 is 1.69 bits per heavy atom. The molecule has 0 unspecified atom stereocenters. The van der Waals surface area contributed by atoms with Gasteiger partial charge in [-0.1, -0.05) is 24.3 Å². The van der Waals surface area contributed by atoms with Crippen LogP contribution >= 0.6 is 0 Å². The van der Waals surface area contributed by atoms with E-state index in [9.17, 15) is 8.78 Å². The van der Waals surface area contributed by atoms with E-state index in [-0.39, 0.29) is 6.42 Å². The summed E-state index contributed by atoms with van der Waals surface area (Å²) in [5.41, 5.74) is 3.47. The summed E-state index contributed by atoms with van der Waals surface area (Å²) < 4.78 is 23.8. The molecule has 13 heavy (non-hydrogen) atoms. The fourth-order valence-electron chi connectivity index (χ4n) is 1.06. The standard InChI is InChI=1S/C9H11F2NO/c10-9(11)5-7-1-3-8(4-2-7)6-12-13/h1-4,9,12-13H,5-6H2. The largest absolute Gasteiger partial charge is 0.316 e. The maximum atomic E-state index is 11.9. The monoisotopic (exact) mass is 187 g/mol. The van der Waals surface area contributed by atoms with Gasteiger partial charge < -0.3 is 5.21 Å². The van der Waals surface area contributed by atoms with E-state index in [4.69, 9.17) is 5.21 Å². The van der Waals surface area contributed by atoms with Crippen molar-refractivity contribution in [2.24, 2.45) is 0 Å². The van der Waals surface area contributed by atoms with Crippen molar-refractivity contribution >= 4 is 0 Å². The second kappa shape index (κ2) is 4.89. The van der Waals surface area contributed by atoms with Gasteiger partial charge in [-0.25, -0.2) is 14.3 Å². The van der Waals surface area contributed by atoms with Crippen LogP contribution in [0.3, 0.4) is 0 Å². The first-order chi connectivity index (χ1) is 6.22. The SMILES string of the molecule is ONCc1ccc(CC(F)F)cc1. The summed E-state index contributed by atoms with van der Waals surface area (Å²) in [6.07, 6.45) is -2.52. The van der Waals surface area contributed by atoms with Crippen LogP contribution in [0.4, 0.5) is 8.78 Å². The number of halogens is 2. The molecule has 0 radical (unpaired) electrons. The van der Waals surface area contributed by atoms with Crippen LogP contribution in [0, 0.1) is 0 Å². The molecule has 72 valence electrons. The van der Waals surface area contributed by atoms with Crippen molar-refractivity contribution in [3.05, 3.63) is 35.4 Å². The fraction of sp³-hybridized carbons (Fsp3) is 0.333. The number of hydrogen-bond acceptors (Lipinski definition) is 2. The van der Waals surface area contributed by atoms with E-state index in [2.05, 4.69) is 0 Å². The second-order valence-corrected chi connectivity index (χ2v) is 2.75. The van der Waals surface area contributed by atoms with Crippen LogP contribution in [0.25, 0.3) is 0 Å². The highest BCUT2D eigenvalue weighted by Gasteiger charge is 2.03. The highest BCUT2D eigenvalue weighted by molar-refractivity contribution is 5.22. The Hall–Kier alpha value is -1.00. The second-order valence-electron chi connectivity index (χ2n) is 2.75. The van der Waals surface area contributed by atoms with Gasteiger partial charge in [0.15, 0.2) is 0 Å². The highest BCUT2D eigenvalue weighted by Crippen LogP contribution is 2.08. The lowest BCUT2D eigenvalue weighted by molar-refractivity contribution is 0.149. The Bertz CT molecular complexity index is 248. The first-order valence-corrected chi connectivity index (χ1v) is 3.95. The molecule has 0 aliphatic carbocycles. The lowest BCUT2D eigenvalue weighted by Gasteiger charge is -2.02. The third-order valence-corrected chi connectivity index (χ3v) is 1.70. The zero-order valence-electron chi connectivity index (χ0n) is 7.00. The summed E-state index contributed by atoms with van der Waals surface area (Å²) in [5.74, 6) is 0. The number of hydroxylamine groups is 1. The van der Waals surface area contributed by atoms with Gasteiger partial charge in [-0.05, 0) is 11.1 Å². The maximum Gasteiger partial charge on any atom is 0.242 e. The Morgan fingerprint density at radius 1 is 1.15 bits per heavy atom. The molecule has 0 saturated heterocycles. The molecule has 2 N–H and O–H groups in total. The molecule has 0 fully saturated rings. The van der Waals surface area contributed by atoms with Crippen molar-refractivity contribution in [2.45, 2.75) is 19.4 Å². The van der Waals surface area contributed by atoms with E-state index in [1.165, 1.54) is 0 Å². The molecule has 0 atom stereocenters. The summed E-state index contributed by atoms with van der Waals surface area (Å²) in [7, 11) is 0. The van der Waals surface area contributed by atoms with Crippen LogP contribution in [0.1, 0.15) is 11.1 Å². The summed E-state index contributed by atoms with van der Waals surface area (Å²) in [6.45, 7) is 0.328. The van der Waals surface area contributed by atoms with Crippen LogP contribution in [-0.2, 0) is 13.0 Å². The molecular formula is C9H11F2NO. The van der Waals surface area contributed by atoms with Crippen LogP contribution in [-0.4, -0.2) is 11.6 Å². The Labute approximate surface area is 75.2 Å². The molecule has 0 amide bonds. The van der Waals surface area contributed by atoms with E-state index in [1.54, 1.807) is 24.3 Å². The van der Waals surface area contributed by atoms with Gasteiger partial charge in [0.05, 0.1) is 0 Å². The maximum absolute atomic E-state index is 11.9. The average Bonchev–Trinajstić information content (AvgIpc) is 2.08. The van der Waals surface area contributed by atoms with Crippen molar-refractivity contribution in [3.63, 3.8) is 0 Å². The molecule has 0 saturated carbocycles. The van der Waals surface area contributed by atoms with Crippen LogP contribution in [0.5, 0.6) is 0 Å². The van der Waals surface area contributed by atoms with E-state index < -0.39 is 6.43 Å². The van der Waals surface area contributed by atoms with Crippen LogP contribution in [0.2, 0.25) is 0 Å². The molecule has 4 heteroatoms. The first-order valence-electron chi connectivity index (χ1n) is 3.95. The van der Waals surface area contributed by atoms with Gasteiger partial charge in [0.1, 0.15) is 0 Å². The minimum Gasteiger partial charge on any atom is -0.316 e. The highest BCUT2D eigenvalue weighted by atomic mass is 19.3. The zero-order chi connectivity index (χ0) is 9.68. The van der Waals surface area contributed by atoms with Crippen molar-refractivity contribution < 1.29 is 14.0 Å². The smallest absolute Gasteiger partial charge is 0.242 e. The summed E-state index contributed by atoms with van der Waals surface area (Å²) in [5, 5.41) is 8.36. The van der Waals surface area contributed by atoms with Crippen molar-refractivity contribution in [3.8, 4) is 0 Å². The molecule has 0 aliphatic rings. The summed E-state index contributed by atoms with van der Waals surface area (Å²) in [4.78, 5) is 0. The Balaban J connectivity index is 2.59. The van der Waals surface area contributed by atoms with E-state index >= 15 is 0 Å². The molecule has 1 aromatic carbocycles. The van der Waals surface area contributed by atoms with Crippen molar-refractivity contribution in [1.82, 2.24) is 5.48 Å². The third-order valence-electron chi connectivity index (χ3n) is 1.70. The van der Waals surface area contributed by atoms with Gasteiger partial charge in [0.2, 0.25) is 6.43 Å². The van der Waals surface area contributed by atoms with Gasteiger partial charge in [-0.15, -0.1) is 0 Å². The minimum atomic E-state index is -2.30. The number of benzene rings is 1. The van der Waals surface area contributed by atoms with Gasteiger partial charge >= 0.3 is 0 Å². The van der Waals surface area contributed by atoms with Gasteiger partial charge in [0, 0.05) is 13.0 Å². The Morgan fingerprint density at radius 3 is 2.15 bits per heavy atom. The number of nitrogens with one attached hydrogen (secondary N) is 1. The molecule has 0 spiro atoms. The van der Waals surface area contributed by atoms with Gasteiger partial charge in [-0.2, -0.15) is 0 Å². The molecule has 1 aromatic rings. The predicted molar refractivity (Wildman–Crippen MR) is 44.8 cm³/mol. The normalized spacial score (nSPS) is 10.8. The molecule has 2 nitrogen and oxygen atoms in total. The summed E-state index contributed by atoms with van der Waals surface area (Å²) >= 11 is 0. The minimum absolute atomic E-state index is 0.215. The van der Waals surface area contributed by atoms with Crippen LogP contribution < -0.4 is 5.48 Å². The fourth-order valence-corrected chi connectivity index (χ4v) is 1.06. The average molecular weight is 187 g/mol. The van der Waals surface area contributed by atoms with Crippen LogP contribution in [0.15, 0.2) is 24.3 Å². The Kier molecular flexibility index (Phi) is 3.79. The molecule has 0 aromatic heterocycles. The number of alkyl halides is 2. The van der Waals surface area contributed by atoms with Crippen molar-refractivity contribution in [2.75, 3.05) is 0 Å². The predicted octanol–water partition coefficient (Wildman–Crippen LogP) is 1.97. The van der Waals surface area contributed by atoms with Crippen molar-refractivity contribution in [1.29, 1.82) is 0 Å². The zero-order valence-corrected chi connectivity index (χ0v) is 7.00. The molecule has 0 bridgehead atoms. The van der Waals surface area contributed by atoms with E-state index in [0.29, 0.717) is 12.1 Å². The van der Waals surface area contributed by atoms with E-state index in [1.807, 2.05) is 5.48 Å².